The van der Waals surface area contributed by atoms with Gasteiger partial charge in [0.1, 0.15) is 6.26 Å². The van der Waals surface area contributed by atoms with E-state index in [1.165, 1.54) is 36.8 Å². The summed E-state index contributed by atoms with van der Waals surface area (Å²) in [7, 11) is -3.86. The lowest BCUT2D eigenvalue weighted by atomic mass is 10.3. The first-order valence-electron chi connectivity index (χ1n) is 5.04. The molecule has 1 aromatic carbocycles. The van der Waals surface area contributed by atoms with Crippen LogP contribution in [0.25, 0.3) is 0 Å². The Balaban J connectivity index is 2.32. The summed E-state index contributed by atoms with van der Waals surface area (Å²) in [5.74, 6) is -0.470. The number of hydrogen-bond acceptors (Lipinski definition) is 4. The molecular weight excluding hydrogens is 292 g/mol. The molecule has 2 aromatic rings. The lowest BCUT2D eigenvalue weighted by Gasteiger charge is -2.07. The highest BCUT2D eigenvalue weighted by molar-refractivity contribution is 7.89. The number of halogens is 1. The number of sulfonamides is 1. The van der Waals surface area contributed by atoms with Gasteiger partial charge in [0, 0.05) is 0 Å². The lowest BCUT2D eigenvalue weighted by Crippen LogP contribution is -2.14. The number of nitrogens with two attached hydrogens (primary N) is 1. The van der Waals surface area contributed by atoms with Crippen LogP contribution in [-0.4, -0.2) is 14.3 Å². The molecule has 6 nitrogen and oxygen atoms in total. The van der Waals surface area contributed by atoms with Crippen LogP contribution in [0.2, 0.25) is 5.02 Å². The Hall–Kier alpha value is -1.83. The first-order chi connectivity index (χ1) is 8.88. The molecule has 1 heterocycles. The Kier molecular flexibility index (Phi) is 3.61. The Morgan fingerprint density at radius 3 is 2.63 bits per heavy atom. The molecule has 0 atom stereocenters. The molecular formula is C11H9ClN2O4S. The van der Waals surface area contributed by atoms with E-state index in [0.29, 0.717) is 0 Å². The smallest absolute Gasteiger partial charge is 0.258 e. The summed E-state index contributed by atoms with van der Waals surface area (Å²) in [6.45, 7) is 0. The Bertz CT molecular complexity index is 710. The fraction of sp³-hybridized carbons (Fsp3) is 0. The highest BCUT2D eigenvalue weighted by Crippen LogP contribution is 2.25. The molecule has 3 N–H and O–H groups in total. The molecule has 0 spiro atoms. The van der Waals surface area contributed by atoms with Gasteiger partial charge in [-0.25, -0.2) is 13.6 Å². The van der Waals surface area contributed by atoms with E-state index in [1.54, 1.807) is 0 Å². The summed E-state index contributed by atoms with van der Waals surface area (Å²) >= 11 is 5.88. The van der Waals surface area contributed by atoms with Gasteiger partial charge in [-0.15, -0.1) is 0 Å². The molecule has 1 amide bonds. The molecule has 0 bridgehead atoms. The van der Waals surface area contributed by atoms with Crippen LogP contribution in [0.5, 0.6) is 0 Å². The Morgan fingerprint density at radius 2 is 2.05 bits per heavy atom. The van der Waals surface area contributed by atoms with E-state index in [0.717, 1.165) is 0 Å². The van der Waals surface area contributed by atoms with Crippen molar-refractivity contribution in [3.8, 4) is 0 Å². The Labute approximate surface area is 114 Å². The number of amides is 1. The molecule has 0 aliphatic carbocycles. The van der Waals surface area contributed by atoms with Crippen LogP contribution < -0.4 is 10.5 Å². The predicted octanol–water partition coefficient (Wildman–Crippen LogP) is 1.83. The molecule has 8 heteroatoms. The topological polar surface area (TPSA) is 102 Å². The molecule has 19 heavy (non-hydrogen) atoms. The largest absolute Gasteiger partial charge is 0.472 e. The van der Waals surface area contributed by atoms with Gasteiger partial charge in [0.05, 0.1) is 27.4 Å². The van der Waals surface area contributed by atoms with Gasteiger partial charge in [-0.1, -0.05) is 11.6 Å². The zero-order chi connectivity index (χ0) is 14.0. The van der Waals surface area contributed by atoms with Crippen molar-refractivity contribution in [3.63, 3.8) is 0 Å². The van der Waals surface area contributed by atoms with Gasteiger partial charge in [0.25, 0.3) is 5.91 Å². The summed E-state index contributed by atoms with van der Waals surface area (Å²) in [5.41, 5.74) is 0.441. The number of nitrogens with one attached hydrogen (secondary N) is 1. The van der Waals surface area contributed by atoms with E-state index in [2.05, 4.69) is 5.32 Å². The van der Waals surface area contributed by atoms with Gasteiger partial charge in [-0.3, -0.25) is 4.79 Å². The van der Waals surface area contributed by atoms with Crippen LogP contribution in [0.1, 0.15) is 10.4 Å². The summed E-state index contributed by atoms with van der Waals surface area (Å²) in [6, 6.07) is 5.25. The molecule has 0 aliphatic heterocycles. The number of anilines is 1. The van der Waals surface area contributed by atoms with Crippen molar-refractivity contribution in [1.29, 1.82) is 0 Å². The van der Waals surface area contributed by atoms with Crippen molar-refractivity contribution in [2.75, 3.05) is 5.32 Å². The number of carbonyl (C=O) groups is 1. The molecule has 0 fully saturated rings. The normalized spacial score (nSPS) is 11.3. The van der Waals surface area contributed by atoms with E-state index >= 15 is 0 Å². The minimum Gasteiger partial charge on any atom is -0.472 e. The zero-order valence-corrected chi connectivity index (χ0v) is 11.0. The summed E-state index contributed by atoms with van der Waals surface area (Å²) in [4.78, 5) is 11.6. The number of furan rings is 1. The molecule has 100 valence electrons. The van der Waals surface area contributed by atoms with E-state index in [1.807, 2.05) is 0 Å². The maximum atomic E-state index is 11.8. The Morgan fingerprint density at radius 1 is 1.32 bits per heavy atom. The van der Waals surface area contributed by atoms with Crippen molar-refractivity contribution in [2.24, 2.45) is 5.14 Å². The van der Waals surface area contributed by atoms with E-state index < -0.39 is 15.9 Å². The second-order valence-electron chi connectivity index (χ2n) is 3.65. The second kappa shape index (κ2) is 5.04. The molecule has 2 rings (SSSR count). The zero-order valence-electron chi connectivity index (χ0n) is 9.46. The minimum absolute atomic E-state index is 0.139. The third-order valence-corrected chi connectivity index (χ3v) is 3.54. The van der Waals surface area contributed by atoms with Gasteiger partial charge in [-0.05, 0) is 24.3 Å². The second-order valence-corrected chi connectivity index (χ2v) is 5.62. The van der Waals surface area contributed by atoms with Crippen molar-refractivity contribution in [2.45, 2.75) is 4.90 Å². The van der Waals surface area contributed by atoms with Crippen LogP contribution in [0.4, 0.5) is 5.69 Å². The maximum Gasteiger partial charge on any atom is 0.258 e. The fourth-order valence-electron chi connectivity index (χ4n) is 1.37. The lowest BCUT2D eigenvalue weighted by molar-refractivity contribution is 0.102. The molecule has 0 saturated heterocycles. The highest BCUT2D eigenvalue weighted by atomic mass is 35.5. The molecule has 0 unspecified atom stereocenters. The van der Waals surface area contributed by atoms with Crippen molar-refractivity contribution < 1.29 is 17.6 Å². The number of hydrogen-bond donors (Lipinski definition) is 2. The fourth-order valence-corrected chi connectivity index (χ4v) is 2.07. The first kappa shape index (κ1) is 13.6. The molecule has 0 radical (unpaired) electrons. The quantitative estimate of drug-likeness (QED) is 0.902. The monoisotopic (exact) mass is 300 g/mol. The standard InChI is InChI=1S/C11H9ClN2O4S/c12-9-2-1-8(19(13,16)17)5-10(9)14-11(15)7-3-4-18-6-7/h1-6H,(H,14,15)(H2,13,16,17). The molecule has 0 aliphatic rings. The third kappa shape index (κ3) is 3.14. The maximum absolute atomic E-state index is 11.8. The van der Waals surface area contributed by atoms with Gasteiger partial charge in [0.2, 0.25) is 10.0 Å². The highest BCUT2D eigenvalue weighted by Gasteiger charge is 2.14. The van der Waals surface area contributed by atoms with Crippen molar-refractivity contribution >= 4 is 33.2 Å². The number of carbonyl (C=O) groups excluding carboxylic acids is 1. The number of benzene rings is 1. The average molecular weight is 301 g/mol. The summed E-state index contributed by atoms with van der Waals surface area (Å²) < 4.78 is 27.2. The van der Waals surface area contributed by atoms with Gasteiger partial charge >= 0.3 is 0 Å². The van der Waals surface area contributed by atoms with Crippen molar-refractivity contribution in [1.82, 2.24) is 0 Å². The van der Waals surface area contributed by atoms with Gasteiger partial charge in [0.15, 0.2) is 0 Å². The van der Waals surface area contributed by atoms with E-state index in [4.69, 9.17) is 21.2 Å². The molecule has 1 aromatic heterocycles. The van der Waals surface area contributed by atoms with Crippen LogP contribution in [0, 0.1) is 0 Å². The third-order valence-electron chi connectivity index (χ3n) is 2.30. The predicted molar refractivity (Wildman–Crippen MR) is 69.5 cm³/mol. The van der Waals surface area contributed by atoms with Gasteiger partial charge < -0.3 is 9.73 Å². The summed E-state index contributed by atoms with van der Waals surface area (Å²) in [6.07, 6.45) is 2.60. The van der Waals surface area contributed by atoms with Crippen LogP contribution in [0.3, 0.4) is 0 Å². The number of rotatable bonds is 3. The van der Waals surface area contributed by atoms with Crippen LogP contribution in [0.15, 0.2) is 46.1 Å². The minimum atomic E-state index is -3.86. The van der Waals surface area contributed by atoms with E-state index in [-0.39, 0.29) is 21.2 Å². The van der Waals surface area contributed by atoms with Crippen LogP contribution in [-0.2, 0) is 10.0 Å². The SMILES string of the molecule is NS(=O)(=O)c1ccc(Cl)c(NC(=O)c2ccoc2)c1. The van der Waals surface area contributed by atoms with E-state index in [9.17, 15) is 13.2 Å². The summed E-state index contributed by atoms with van der Waals surface area (Å²) in [5, 5.41) is 7.68. The van der Waals surface area contributed by atoms with Crippen molar-refractivity contribution in [3.05, 3.63) is 47.4 Å². The molecule has 0 saturated carbocycles. The first-order valence-corrected chi connectivity index (χ1v) is 6.96. The average Bonchev–Trinajstić information content (AvgIpc) is 2.84. The van der Waals surface area contributed by atoms with Crippen LogP contribution >= 0.6 is 11.6 Å². The number of primary sulfonamides is 1. The van der Waals surface area contributed by atoms with Gasteiger partial charge in [-0.2, -0.15) is 0 Å².